The fraction of sp³-hybridized carbons (Fsp3) is 0.158. The summed E-state index contributed by atoms with van der Waals surface area (Å²) in [7, 11) is 0. The van der Waals surface area contributed by atoms with Crippen LogP contribution in [0.25, 0.3) is 0 Å². The van der Waals surface area contributed by atoms with E-state index in [1.165, 1.54) is 18.2 Å². The van der Waals surface area contributed by atoms with Crippen molar-refractivity contribution in [2.45, 2.75) is 20.1 Å². The lowest BCUT2D eigenvalue weighted by Gasteiger charge is -2.05. The van der Waals surface area contributed by atoms with Gasteiger partial charge in [0.15, 0.2) is 28.8 Å². The van der Waals surface area contributed by atoms with E-state index in [0.717, 1.165) is 12.1 Å². The molecule has 1 amide bonds. The molecule has 3 rings (SSSR count). The number of rotatable bonds is 6. The van der Waals surface area contributed by atoms with Crippen molar-refractivity contribution in [1.82, 2.24) is 10.5 Å². The van der Waals surface area contributed by atoms with Gasteiger partial charge in [-0.25, -0.2) is 13.2 Å². The van der Waals surface area contributed by atoms with E-state index in [2.05, 4.69) is 10.5 Å². The Morgan fingerprint density at radius 3 is 2.56 bits per heavy atom. The standard InChI is InChI=1S/C19H15F3N2O3/c1-11-5-6-12(7-16(11)22)9-23-19(25)17-8-13(27-24-17)10-26-18-14(20)3-2-4-15(18)21/h2-8H,9-10H2,1H3,(H,23,25). The van der Waals surface area contributed by atoms with E-state index in [4.69, 9.17) is 9.26 Å². The molecule has 0 spiro atoms. The third kappa shape index (κ3) is 4.46. The van der Waals surface area contributed by atoms with Crippen molar-refractivity contribution >= 4 is 5.91 Å². The number of halogens is 3. The van der Waals surface area contributed by atoms with Crippen LogP contribution in [0.5, 0.6) is 5.75 Å². The Kier molecular flexibility index (Phi) is 5.44. The molecule has 0 bridgehead atoms. The number of aromatic nitrogens is 1. The maximum absolute atomic E-state index is 13.5. The molecule has 0 saturated heterocycles. The molecule has 140 valence electrons. The van der Waals surface area contributed by atoms with Crippen molar-refractivity contribution < 1.29 is 27.2 Å². The zero-order chi connectivity index (χ0) is 19.4. The van der Waals surface area contributed by atoms with Crippen LogP contribution in [0.2, 0.25) is 0 Å². The van der Waals surface area contributed by atoms with E-state index in [9.17, 15) is 18.0 Å². The minimum absolute atomic E-state index is 0.0322. The third-order valence-electron chi connectivity index (χ3n) is 3.76. The Bertz CT molecular complexity index is 952. The largest absolute Gasteiger partial charge is 0.479 e. The second kappa shape index (κ2) is 7.94. The van der Waals surface area contributed by atoms with Gasteiger partial charge >= 0.3 is 0 Å². The maximum Gasteiger partial charge on any atom is 0.273 e. The van der Waals surface area contributed by atoms with Gasteiger partial charge in [-0.2, -0.15) is 0 Å². The molecule has 1 N–H and O–H groups in total. The van der Waals surface area contributed by atoms with Gasteiger partial charge in [0.1, 0.15) is 12.4 Å². The number of aryl methyl sites for hydroxylation is 1. The summed E-state index contributed by atoms with van der Waals surface area (Å²) in [5.41, 5.74) is 1.07. The summed E-state index contributed by atoms with van der Waals surface area (Å²) in [5, 5.41) is 6.17. The monoisotopic (exact) mass is 376 g/mol. The Balaban J connectivity index is 1.58. The summed E-state index contributed by atoms with van der Waals surface area (Å²) in [6.45, 7) is 1.44. The second-order valence-electron chi connectivity index (χ2n) is 5.78. The van der Waals surface area contributed by atoms with E-state index in [1.54, 1.807) is 19.1 Å². The molecule has 0 radical (unpaired) electrons. The van der Waals surface area contributed by atoms with Crippen LogP contribution < -0.4 is 10.1 Å². The topological polar surface area (TPSA) is 64.4 Å². The van der Waals surface area contributed by atoms with Gasteiger partial charge in [0.2, 0.25) is 0 Å². The van der Waals surface area contributed by atoms with E-state index in [0.29, 0.717) is 11.1 Å². The van der Waals surface area contributed by atoms with Crippen LogP contribution in [0, 0.1) is 24.4 Å². The fourth-order valence-corrected chi connectivity index (χ4v) is 2.27. The number of nitrogens with zero attached hydrogens (tertiary/aromatic N) is 1. The number of hydrogen-bond donors (Lipinski definition) is 1. The molecular weight excluding hydrogens is 361 g/mol. The highest BCUT2D eigenvalue weighted by Gasteiger charge is 2.15. The number of para-hydroxylation sites is 1. The normalized spacial score (nSPS) is 10.7. The molecule has 8 heteroatoms. The molecule has 0 aliphatic heterocycles. The van der Waals surface area contributed by atoms with Gasteiger partial charge in [-0.3, -0.25) is 4.79 Å². The first kappa shape index (κ1) is 18.5. The zero-order valence-electron chi connectivity index (χ0n) is 14.3. The molecule has 0 unspecified atom stereocenters. The van der Waals surface area contributed by atoms with Gasteiger partial charge in [-0.05, 0) is 36.2 Å². The van der Waals surface area contributed by atoms with E-state index in [1.807, 2.05) is 0 Å². The fourth-order valence-electron chi connectivity index (χ4n) is 2.27. The molecule has 0 aliphatic carbocycles. The lowest BCUT2D eigenvalue weighted by Crippen LogP contribution is -2.23. The summed E-state index contributed by atoms with van der Waals surface area (Å²) in [6, 6.07) is 9.28. The number of benzene rings is 2. The minimum atomic E-state index is -0.849. The van der Waals surface area contributed by atoms with Crippen LogP contribution in [0.15, 0.2) is 47.0 Å². The lowest BCUT2D eigenvalue weighted by molar-refractivity contribution is 0.0941. The molecule has 1 heterocycles. The van der Waals surface area contributed by atoms with Crippen molar-refractivity contribution in [2.24, 2.45) is 0 Å². The number of ether oxygens (including phenoxy) is 1. The minimum Gasteiger partial charge on any atom is -0.479 e. The van der Waals surface area contributed by atoms with Gasteiger partial charge in [-0.1, -0.05) is 23.4 Å². The summed E-state index contributed by atoms with van der Waals surface area (Å²) in [5.74, 6) is -3.02. The quantitative estimate of drug-likeness (QED) is 0.709. The maximum atomic E-state index is 13.5. The van der Waals surface area contributed by atoms with Gasteiger partial charge in [-0.15, -0.1) is 0 Å². The molecule has 27 heavy (non-hydrogen) atoms. The van der Waals surface area contributed by atoms with Crippen molar-refractivity contribution in [3.8, 4) is 5.75 Å². The van der Waals surface area contributed by atoms with Crippen LogP contribution >= 0.6 is 0 Å². The smallest absolute Gasteiger partial charge is 0.273 e. The van der Waals surface area contributed by atoms with Gasteiger partial charge in [0.25, 0.3) is 5.91 Å². The van der Waals surface area contributed by atoms with Gasteiger partial charge in [0.05, 0.1) is 0 Å². The summed E-state index contributed by atoms with van der Waals surface area (Å²) in [6.07, 6.45) is 0. The Morgan fingerprint density at radius 2 is 1.85 bits per heavy atom. The highest BCUT2D eigenvalue weighted by Crippen LogP contribution is 2.22. The Morgan fingerprint density at radius 1 is 1.11 bits per heavy atom. The highest BCUT2D eigenvalue weighted by atomic mass is 19.1. The summed E-state index contributed by atoms with van der Waals surface area (Å²) in [4.78, 5) is 12.1. The first-order valence-electron chi connectivity index (χ1n) is 7.99. The van der Waals surface area contributed by atoms with Crippen LogP contribution in [0.4, 0.5) is 13.2 Å². The number of carbonyl (C=O) groups is 1. The summed E-state index contributed by atoms with van der Waals surface area (Å²) < 4.78 is 50.5. The SMILES string of the molecule is Cc1ccc(CNC(=O)c2cc(COc3c(F)cccc3F)on2)cc1F. The van der Waals surface area contributed by atoms with Crippen molar-refractivity contribution in [3.63, 3.8) is 0 Å². The van der Waals surface area contributed by atoms with E-state index < -0.39 is 23.3 Å². The predicted molar refractivity (Wildman–Crippen MR) is 89.5 cm³/mol. The van der Waals surface area contributed by atoms with Crippen LogP contribution in [-0.4, -0.2) is 11.1 Å². The molecule has 0 atom stereocenters. The van der Waals surface area contributed by atoms with Crippen molar-refractivity contribution in [2.75, 3.05) is 0 Å². The van der Waals surface area contributed by atoms with Gasteiger partial charge in [0, 0.05) is 12.6 Å². The highest BCUT2D eigenvalue weighted by molar-refractivity contribution is 5.92. The zero-order valence-corrected chi connectivity index (χ0v) is 14.3. The van der Waals surface area contributed by atoms with Crippen molar-refractivity contribution in [1.29, 1.82) is 0 Å². The number of hydrogen-bond acceptors (Lipinski definition) is 4. The first-order chi connectivity index (χ1) is 12.9. The van der Waals surface area contributed by atoms with Crippen molar-refractivity contribution in [3.05, 3.63) is 82.5 Å². The average Bonchev–Trinajstić information content (AvgIpc) is 3.11. The molecule has 0 aliphatic rings. The van der Waals surface area contributed by atoms with E-state index in [-0.39, 0.29) is 30.4 Å². The molecule has 1 aromatic heterocycles. The second-order valence-corrected chi connectivity index (χ2v) is 5.78. The molecule has 0 fully saturated rings. The summed E-state index contributed by atoms with van der Waals surface area (Å²) >= 11 is 0. The lowest BCUT2D eigenvalue weighted by atomic mass is 10.1. The Labute approximate surface area is 152 Å². The van der Waals surface area contributed by atoms with Crippen LogP contribution in [-0.2, 0) is 13.2 Å². The number of amides is 1. The molecule has 3 aromatic rings. The number of carbonyl (C=O) groups excluding carboxylic acids is 1. The molecular formula is C19H15F3N2O3. The first-order valence-corrected chi connectivity index (χ1v) is 7.99. The molecule has 5 nitrogen and oxygen atoms in total. The van der Waals surface area contributed by atoms with E-state index >= 15 is 0 Å². The molecule has 2 aromatic carbocycles. The Hall–Kier alpha value is -3.29. The molecule has 0 saturated carbocycles. The van der Waals surface area contributed by atoms with Crippen LogP contribution in [0.1, 0.15) is 27.4 Å². The number of nitrogens with one attached hydrogen (secondary N) is 1. The average molecular weight is 376 g/mol. The van der Waals surface area contributed by atoms with Crippen LogP contribution in [0.3, 0.4) is 0 Å². The third-order valence-corrected chi connectivity index (χ3v) is 3.76. The van der Waals surface area contributed by atoms with Gasteiger partial charge < -0.3 is 14.6 Å². The predicted octanol–water partition coefficient (Wildman–Crippen LogP) is 3.91.